The number of rotatable bonds is 11. The first-order chi connectivity index (χ1) is 16.5. The first-order valence-electron chi connectivity index (χ1n) is 11.3. The molecule has 1 aliphatic rings. The van der Waals surface area contributed by atoms with Crippen LogP contribution in [0.2, 0.25) is 0 Å². The van der Waals surface area contributed by atoms with Gasteiger partial charge in [0, 0.05) is 25.8 Å². The molecule has 0 unspecified atom stereocenters. The van der Waals surface area contributed by atoms with Crippen LogP contribution in [0.4, 0.5) is 0 Å². The van der Waals surface area contributed by atoms with E-state index in [2.05, 4.69) is 18.3 Å². The molecule has 182 valence electrons. The zero-order valence-electron chi connectivity index (χ0n) is 20.6. The molecule has 0 bridgehead atoms. The van der Waals surface area contributed by atoms with Gasteiger partial charge in [0.25, 0.3) is 0 Å². The molecule has 2 aromatic rings. The van der Waals surface area contributed by atoms with Gasteiger partial charge in [0.2, 0.25) is 5.91 Å². The van der Waals surface area contributed by atoms with E-state index >= 15 is 0 Å². The van der Waals surface area contributed by atoms with Crippen molar-refractivity contribution >= 4 is 12.0 Å². The highest BCUT2D eigenvalue weighted by Gasteiger charge is 2.19. The SMILES string of the molecule is COc1ccc([C@H](C)CNC/C=C\CN2C=Cc3cc(OC)c(OC)cc3CC2=O)cc1OC. The van der Waals surface area contributed by atoms with E-state index in [0.29, 0.717) is 30.4 Å². The fraction of sp³-hybridized carbons (Fsp3) is 0.370. The largest absolute Gasteiger partial charge is 0.493 e. The molecule has 1 aliphatic heterocycles. The number of nitrogens with one attached hydrogen (secondary N) is 1. The van der Waals surface area contributed by atoms with E-state index in [1.807, 2.05) is 48.7 Å². The topological polar surface area (TPSA) is 69.3 Å². The molecule has 0 radical (unpaired) electrons. The van der Waals surface area contributed by atoms with E-state index in [0.717, 1.165) is 35.7 Å². The molecule has 0 aliphatic carbocycles. The van der Waals surface area contributed by atoms with Gasteiger partial charge < -0.3 is 29.2 Å². The first-order valence-corrected chi connectivity index (χ1v) is 11.3. The Hall–Kier alpha value is -3.45. The van der Waals surface area contributed by atoms with Gasteiger partial charge >= 0.3 is 0 Å². The van der Waals surface area contributed by atoms with E-state index in [1.165, 1.54) is 5.56 Å². The Morgan fingerprint density at radius 3 is 2.32 bits per heavy atom. The van der Waals surface area contributed by atoms with Crippen molar-refractivity contribution in [3.05, 3.63) is 65.4 Å². The predicted octanol–water partition coefficient (Wildman–Crippen LogP) is 4.03. The maximum absolute atomic E-state index is 12.7. The van der Waals surface area contributed by atoms with Gasteiger partial charge in [0.05, 0.1) is 34.9 Å². The maximum Gasteiger partial charge on any atom is 0.231 e. The third-order valence-corrected chi connectivity index (χ3v) is 5.90. The Morgan fingerprint density at radius 2 is 1.62 bits per heavy atom. The van der Waals surface area contributed by atoms with Crippen LogP contribution in [0.15, 0.2) is 48.7 Å². The highest BCUT2D eigenvalue weighted by atomic mass is 16.5. The van der Waals surface area contributed by atoms with Gasteiger partial charge in [-0.25, -0.2) is 0 Å². The van der Waals surface area contributed by atoms with E-state index in [-0.39, 0.29) is 5.91 Å². The van der Waals surface area contributed by atoms with E-state index in [4.69, 9.17) is 18.9 Å². The minimum absolute atomic E-state index is 0.0434. The van der Waals surface area contributed by atoms with Gasteiger partial charge in [0.1, 0.15) is 0 Å². The second kappa shape index (κ2) is 12.1. The van der Waals surface area contributed by atoms with Crippen LogP contribution < -0.4 is 24.3 Å². The Morgan fingerprint density at radius 1 is 0.941 bits per heavy atom. The van der Waals surface area contributed by atoms with Gasteiger partial charge in [-0.15, -0.1) is 0 Å². The molecule has 0 spiro atoms. The average molecular weight is 467 g/mol. The summed E-state index contributed by atoms with van der Waals surface area (Å²) in [7, 11) is 6.48. The summed E-state index contributed by atoms with van der Waals surface area (Å²) in [5, 5.41) is 3.44. The number of methoxy groups -OCH3 is 4. The molecular weight excluding hydrogens is 432 g/mol. The molecule has 1 heterocycles. The number of carbonyl (C=O) groups is 1. The summed E-state index contributed by atoms with van der Waals surface area (Å²) in [5.41, 5.74) is 3.07. The fourth-order valence-corrected chi connectivity index (χ4v) is 3.86. The summed E-state index contributed by atoms with van der Waals surface area (Å²) in [6.45, 7) is 4.23. The Kier molecular flexibility index (Phi) is 8.99. The van der Waals surface area contributed by atoms with Crippen molar-refractivity contribution < 1.29 is 23.7 Å². The van der Waals surface area contributed by atoms with Crippen molar-refractivity contribution in [2.45, 2.75) is 19.3 Å². The van der Waals surface area contributed by atoms with Crippen LogP contribution in [0.5, 0.6) is 23.0 Å². The van der Waals surface area contributed by atoms with Crippen LogP contribution >= 0.6 is 0 Å². The van der Waals surface area contributed by atoms with Crippen molar-refractivity contribution in [2.75, 3.05) is 48.1 Å². The lowest BCUT2D eigenvalue weighted by atomic mass is 10.0. The maximum atomic E-state index is 12.7. The summed E-state index contributed by atoms with van der Waals surface area (Å²) in [4.78, 5) is 14.5. The third-order valence-electron chi connectivity index (χ3n) is 5.90. The molecule has 2 aromatic carbocycles. The zero-order chi connectivity index (χ0) is 24.5. The van der Waals surface area contributed by atoms with Gasteiger partial charge in [-0.05, 0) is 52.9 Å². The lowest BCUT2D eigenvalue weighted by Crippen LogP contribution is -2.26. The van der Waals surface area contributed by atoms with Gasteiger partial charge in [-0.3, -0.25) is 4.79 Å². The molecule has 0 saturated carbocycles. The number of carbonyl (C=O) groups excluding carboxylic acids is 1. The average Bonchev–Trinajstić information content (AvgIpc) is 3.01. The molecule has 0 aromatic heterocycles. The lowest BCUT2D eigenvalue weighted by Gasteiger charge is -2.16. The molecule has 0 fully saturated rings. The van der Waals surface area contributed by atoms with Gasteiger partial charge in [-0.2, -0.15) is 0 Å². The van der Waals surface area contributed by atoms with Crippen molar-refractivity contribution in [1.82, 2.24) is 10.2 Å². The third kappa shape index (κ3) is 6.11. The first kappa shape index (κ1) is 25.2. The van der Waals surface area contributed by atoms with Crippen molar-refractivity contribution in [1.29, 1.82) is 0 Å². The second-order valence-corrected chi connectivity index (χ2v) is 8.09. The molecule has 34 heavy (non-hydrogen) atoms. The number of benzene rings is 2. The van der Waals surface area contributed by atoms with Crippen molar-refractivity contribution in [3.8, 4) is 23.0 Å². The number of ether oxygens (including phenoxy) is 4. The fourth-order valence-electron chi connectivity index (χ4n) is 3.86. The summed E-state index contributed by atoms with van der Waals surface area (Å²) in [5.74, 6) is 3.11. The zero-order valence-corrected chi connectivity index (χ0v) is 20.6. The van der Waals surface area contributed by atoms with E-state index < -0.39 is 0 Å². The highest BCUT2D eigenvalue weighted by Crippen LogP contribution is 2.33. The number of hydrogen-bond acceptors (Lipinski definition) is 6. The van der Waals surface area contributed by atoms with Crippen LogP contribution in [0, 0.1) is 0 Å². The summed E-state index contributed by atoms with van der Waals surface area (Å²) in [6.07, 6.45) is 8.15. The molecule has 1 atom stereocenters. The molecule has 0 saturated heterocycles. The van der Waals surface area contributed by atoms with Crippen LogP contribution in [0.3, 0.4) is 0 Å². The highest BCUT2D eigenvalue weighted by molar-refractivity contribution is 5.84. The smallest absolute Gasteiger partial charge is 0.231 e. The summed E-state index contributed by atoms with van der Waals surface area (Å²) < 4.78 is 21.5. The number of hydrogen-bond donors (Lipinski definition) is 1. The Bertz CT molecular complexity index is 1050. The van der Waals surface area contributed by atoms with Crippen LogP contribution in [0.25, 0.3) is 6.08 Å². The van der Waals surface area contributed by atoms with E-state index in [1.54, 1.807) is 33.3 Å². The quantitative estimate of drug-likeness (QED) is 0.398. The van der Waals surface area contributed by atoms with Crippen molar-refractivity contribution in [3.63, 3.8) is 0 Å². The molecule has 7 nitrogen and oxygen atoms in total. The normalized spacial score (nSPS) is 14.0. The summed E-state index contributed by atoms with van der Waals surface area (Å²) >= 11 is 0. The molecule has 3 rings (SSSR count). The predicted molar refractivity (Wildman–Crippen MR) is 134 cm³/mol. The van der Waals surface area contributed by atoms with Gasteiger partial charge in [0.15, 0.2) is 23.0 Å². The Labute approximate surface area is 202 Å². The van der Waals surface area contributed by atoms with Crippen LogP contribution in [0.1, 0.15) is 29.5 Å². The van der Waals surface area contributed by atoms with Crippen molar-refractivity contribution in [2.24, 2.45) is 0 Å². The number of amides is 1. The molecule has 1 N–H and O–H groups in total. The van der Waals surface area contributed by atoms with Crippen LogP contribution in [-0.4, -0.2) is 58.9 Å². The second-order valence-electron chi connectivity index (χ2n) is 8.09. The molecular formula is C27H34N2O5. The number of nitrogens with zero attached hydrogens (tertiary/aromatic N) is 1. The minimum Gasteiger partial charge on any atom is -0.493 e. The lowest BCUT2D eigenvalue weighted by molar-refractivity contribution is -0.127. The monoisotopic (exact) mass is 466 g/mol. The van der Waals surface area contributed by atoms with E-state index in [9.17, 15) is 4.79 Å². The number of fused-ring (bicyclic) bond motifs is 1. The minimum atomic E-state index is 0.0434. The van der Waals surface area contributed by atoms with Gasteiger partial charge in [-0.1, -0.05) is 25.1 Å². The Balaban J connectivity index is 1.49. The molecule has 7 heteroatoms. The standard InChI is InChI=1S/C27H34N2O5/c1-19(20-8-9-23(31-2)24(14-20)32-3)18-28-11-6-7-12-29-13-10-21-15-25(33-4)26(34-5)16-22(21)17-27(29)30/h6-10,13-16,19,28H,11-12,17-18H2,1-5H3/b7-6-/t19-/m1/s1. The van der Waals surface area contributed by atoms with Crippen LogP contribution in [-0.2, 0) is 11.2 Å². The summed E-state index contributed by atoms with van der Waals surface area (Å²) in [6, 6.07) is 9.78. The molecule has 1 amide bonds.